The van der Waals surface area contributed by atoms with E-state index in [1.165, 1.54) is 19.0 Å². The van der Waals surface area contributed by atoms with Crippen LogP contribution >= 0.6 is 0 Å². The third kappa shape index (κ3) is 31.1. The van der Waals surface area contributed by atoms with E-state index >= 15 is 0 Å². The van der Waals surface area contributed by atoms with Gasteiger partial charge < -0.3 is 88.5 Å². The van der Waals surface area contributed by atoms with Crippen LogP contribution in [0.5, 0.6) is 34.5 Å². The van der Waals surface area contributed by atoms with Gasteiger partial charge in [0.05, 0.1) is 133 Å². The van der Waals surface area contributed by atoms with Crippen molar-refractivity contribution in [1.29, 1.82) is 0 Å². The van der Waals surface area contributed by atoms with Crippen LogP contribution < -0.4 is 28.4 Å². The van der Waals surface area contributed by atoms with Crippen LogP contribution in [0.25, 0.3) is 0 Å². The van der Waals surface area contributed by atoms with E-state index in [1.807, 2.05) is 0 Å². The minimum Gasteiger partial charge on any atom is -0.497 e. The van der Waals surface area contributed by atoms with Crippen LogP contribution in [0.1, 0.15) is 433 Å². The molecule has 120 heavy (non-hydrogen) atoms. The van der Waals surface area contributed by atoms with Gasteiger partial charge in [-0.1, -0.05) is 187 Å². The van der Waals surface area contributed by atoms with E-state index in [-0.39, 0.29) is 4.90 Å². The summed E-state index contributed by atoms with van der Waals surface area (Å²) in [6.45, 7) is -37.8. The second-order valence-electron chi connectivity index (χ2n) is 24.3. The van der Waals surface area contributed by atoms with Crippen molar-refractivity contribution in [1.82, 2.24) is 29.4 Å². The molecule has 0 spiro atoms. The Morgan fingerprint density at radius 3 is 0.617 bits per heavy atom. The van der Waals surface area contributed by atoms with E-state index in [1.54, 1.807) is 0 Å². The van der Waals surface area contributed by atoms with Gasteiger partial charge in [-0.15, -0.1) is 0 Å². The molecule has 12 rings (SSSR count). The van der Waals surface area contributed by atoms with Crippen molar-refractivity contribution in [2.45, 2.75) is 260 Å². The largest absolute Gasteiger partial charge is 0.497 e. The Kier molecular flexibility index (Phi) is 9.95. The second-order valence-corrected chi connectivity index (χ2v) is 24.3. The molecule has 6 fully saturated rings. The number of nitrogens with zero attached hydrogens (tertiary/aromatic N) is 6. The molecular formula is C102H162N6O12. The summed E-state index contributed by atoms with van der Waals surface area (Å²) >= 11 is 0. The van der Waals surface area contributed by atoms with Gasteiger partial charge >= 0.3 is 0 Å². The second kappa shape index (κ2) is 50.0. The minimum absolute atomic E-state index is 0.206. The lowest BCUT2D eigenvalue weighted by atomic mass is 9.72. The maximum atomic E-state index is 12.1. The summed E-state index contributed by atoms with van der Waals surface area (Å²) in [6, 6.07) is -32.1. The molecule has 6 saturated carbocycles. The first kappa shape index (κ1) is 23.9. The van der Waals surface area contributed by atoms with Crippen molar-refractivity contribution in [2.24, 2.45) is 0 Å². The molecule has 6 aliphatic carbocycles. The summed E-state index contributed by atoms with van der Waals surface area (Å²) in [6.07, 6.45) is -125. The smallest absolute Gasteiger partial charge is 0.118 e. The van der Waals surface area contributed by atoms with Gasteiger partial charge in [0, 0.05) is 190 Å². The third-order valence-corrected chi connectivity index (χ3v) is 15.1. The molecular weight excluding hydrogens is 1500 g/mol. The minimum atomic E-state index is -4.84. The molecule has 6 N–H and O–H groups in total. The van der Waals surface area contributed by atoms with E-state index < -0.39 is 606 Å². The number of rotatable bonds is 30. The molecule has 0 amide bonds. The van der Waals surface area contributed by atoms with Gasteiger partial charge in [-0.3, -0.25) is 0 Å². The highest BCUT2D eigenvalue weighted by molar-refractivity contribution is 5.37. The highest BCUT2D eigenvalue weighted by atomic mass is 16.5. The van der Waals surface area contributed by atoms with Crippen LogP contribution in [-0.4, -0.2) is 259 Å². The maximum Gasteiger partial charge on any atom is 0.118 e. The number of aliphatic hydroxyl groups is 6. The summed E-state index contributed by atoms with van der Waals surface area (Å²) in [5, 5.41) is 71.8. The zero-order chi connectivity index (χ0) is 198. The van der Waals surface area contributed by atoms with Crippen LogP contribution in [0, 0.1) is 0 Å². The van der Waals surface area contributed by atoms with Gasteiger partial charge in [0.25, 0.3) is 0 Å². The van der Waals surface area contributed by atoms with Crippen molar-refractivity contribution in [2.75, 3.05) is 165 Å². The zero-order valence-electron chi connectivity index (χ0n) is 189. The van der Waals surface area contributed by atoms with Crippen LogP contribution in [0.2, 0.25) is 0 Å². The quantitative estimate of drug-likeness (QED) is 0.0249. The normalized spacial score (nSPS) is 49.5. The van der Waals surface area contributed by atoms with E-state index in [4.69, 9.17) is 173 Å². The third-order valence-electron chi connectivity index (χ3n) is 15.1. The standard InChI is InChI=1S/6C17H27NO2/c6*1-18(2)13-16(17(19)11-5-4-6-12-17)14-7-9-15(20-3)10-8-14/h6*7-10,16,19H,4-6,11-13H2,1-3H3/i1D3,2D3,3D3,4D2,5D2,6D2,7D,8D,9D,10D,11D2,12D2,13D2;1D3,3D3,4D2,5D2,6D2,7D,8D,9D,10D,11D2,12D2,13D2;1D3,2D3,3D3,4D2,5D2,6D2,7D,8D,9D,10D,11D2,12D2;3D3,4D2,5D2,6D2,7D,8D,9D,10D,11D2,12D2,13D2;1D3,3D3,4D2,5D2,6D2,7D,8D,9D,10D,11D2,12D2;3D3,4D2,5D2,6D2,7D,8D,9D,10D,11D2,12D2. The van der Waals surface area contributed by atoms with Crippen LogP contribution in [0.15, 0.2) is 145 Å². The summed E-state index contributed by atoms with van der Waals surface area (Å²) in [5.41, 5.74) is -33.9. The van der Waals surface area contributed by atoms with Crippen molar-refractivity contribution in [3.63, 3.8) is 0 Å². The van der Waals surface area contributed by atoms with E-state index in [0.29, 0.717) is 16.8 Å². The molecule has 0 bridgehead atoms. The summed E-state index contributed by atoms with van der Waals surface area (Å²) in [7, 11) is -13.9. The van der Waals surface area contributed by atoms with E-state index in [9.17, 15) is 30.6 Å². The first-order valence-corrected chi connectivity index (χ1v) is 33.0. The Balaban J connectivity index is 0.000000388. The van der Waals surface area contributed by atoms with Crippen molar-refractivity contribution < 1.29 is 232 Å². The Labute approximate surface area is 903 Å². The van der Waals surface area contributed by atoms with Crippen LogP contribution in [0.3, 0.4) is 0 Å². The lowest BCUT2D eigenvalue weighted by Gasteiger charge is -2.40. The molecule has 672 valence electrons. The number of benzene rings is 6. The molecule has 6 unspecified atom stereocenters. The topological polar surface area (TPSA) is 196 Å². The SMILES string of the molecule is [2H]c1c([2H])c(C(C([2H])([2H])N(C([2H])([2H])[2H])C([2H])([2H])[2H])C2(O)C([2H])([2H])C([2H])([2H])C([2H])([2H])C([2H])([2H])C2([2H])[2H])c([2H])c([2H])c1OC([2H])([2H])[2H].[2H]c1c([2H])c(C(C([2H])([2H])N(C)C([2H])([2H])[2H])C2(O)C([2H])([2H])C([2H])([2H])C([2H])([2H])C([2H])([2H])C2([2H])[2H])c([2H])c([2H])c1OC([2H])([2H])[2H].[2H]c1c([2H])c(C(C([2H])([2H])N(C)C)C2(O)C([2H])([2H])C([2H])([2H])C([2H])([2H])C([2H])([2H])C2([2H])[2H])c([2H])c([2H])c1OC([2H])([2H])[2H].[2H]c1c([2H])c(C(CN(C([2H])([2H])[2H])C([2H])([2H])[2H])C2(O)C([2H])([2H])C([2H])([2H])C([2H])([2H])C([2H])([2H])C2([2H])[2H])c([2H])c([2H])c1OC([2H])([2H])[2H].[2H]c1c([2H])c(C(CN(C)C([2H])([2H])[2H])C2(O)C([2H])([2H])C([2H])([2H])C([2H])([2H])C([2H])([2H])C2([2H])[2H])c([2H])c([2H])c1OC([2H])([2H])[2H].[2H]c1c([2H])c(C(CN(C)C)C2(O)C([2H])([2H])C([2H])([2H])C([2H])([2H])C([2H])([2H])C2([2H])[2H])c([2H])c([2H])c1OC([2H])([2H])[2H]. The van der Waals surface area contributed by atoms with Crippen LogP contribution in [0.4, 0.5) is 0 Å². The van der Waals surface area contributed by atoms with Gasteiger partial charge in [0.2, 0.25) is 0 Å². The molecule has 6 aromatic carbocycles. The number of methoxy groups -OCH3 is 6. The van der Waals surface area contributed by atoms with Crippen LogP contribution in [-0.2, 0) is 0 Å². The Bertz CT molecular complexity index is 9640. The van der Waals surface area contributed by atoms with Gasteiger partial charge in [-0.25, -0.2) is 0 Å². The first-order chi connectivity index (χ1) is 107. The molecule has 6 aromatic rings. The predicted octanol–water partition coefficient (Wildman–Crippen LogP) is 18.2. The van der Waals surface area contributed by atoms with Crippen molar-refractivity contribution in [3.8, 4) is 34.5 Å². The average Bonchev–Trinajstić information content (AvgIpc) is 0.646. The molecule has 0 radical (unpaired) electrons. The number of likely N-dealkylation sites (N-methyl/N-ethyl adjacent to an activating group) is 6. The molecule has 18 nitrogen and oxygen atoms in total. The highest BCUT2D eigenvalue weighted by Gasteiger charge is 2.45. The Morgan fingerprint density at radius 1 is 0.250 bits per heavy atom. The monoisotopic (exact) mass is 1790 g/mol. The summed E-state index contributed by atoms with van der Waals surface area (Å²) in [5.74, 6) is -25.1. The van der Waals surface area contributed by atoms with Gasteiger partial charge in [0.15, 0.2) is 0 Å². The summed E-state index contributed by atoms with van der Waals surface area (Å²) < 4.78 is 1040. The van der Waals surface area contributed by atoms with Gasteiger partial charge in [-0.05, 0) is 267 Å². The van der Waals surface area contributed by atoms with Crippen molar-refractivity contribution >= 4 is 0 Å². The number of hydrogen-bond donors (Lipinski definition) is 6. The fourth-order valence-corrected chi connectivity index (χ4v) is 9.78. The maximum absolute atomic E-state index is 12.1. The molecule has 6 atom stereocenters. The Morgan fingerprint density at radius 2 is 0.425 bits per heavy atom. The molecule has 0 aliphatic heterocycles. The van der Waals surface area contributed by atoms with Gasteiger partial charge in [0.1, 0.15) is 34.5 Å². The molecule has 0 heterocycles. The first-order valence-electron chi connectivity index (χ1n) is 96.0. The average molecular weight is 1790 g/mol. The number of hydrogen-bond acceptors (Lipinski definition) is 18. The predicted molar refractivity (Wildman–Crippen MR) is 494 cm³/mol. The lowest BCUT2D eigenvalue weighted by Crippen LogP contribution is -2.42. The zero-order valence-corrected chi connectivity index (χ0v) is 62.9. The van der Waals surface area contributed by atoms with Crippen molar-refractivity contribution in [3.05, 3.63) is 178 Å². The molecule has 6 aliphatic rings. The highest BCUT2D eigenvalue weighted by Crippen LogP contribution is 2.47. The molecule has 0 aromatic heterocycles. The lowest BCUT2D eigenvalue weighted by molar-refractivity contribution is -0.0280. The van der Waals surface area contributed by atoms with E-state index in [0.717, 1.165) is 21.1 Å². The molecule has 18 heteroatoms. The fourth-order valence-electron chi connectivity index (χ4n) is 9.78. The van der Waals surface area contributed by atoms with Gasteiger partial charge in [-0.2, -0.15) is 0 Å². The fraction of sp³-hybridized carbons (Fsp3) is 0.647. The number of ether oxygens (including phenoxy) is 6. The summed E-state index contributed by atoms with van der Waals surface area (Å²) in [4.78, 5) is 0.575. The Hall–Kier alpha value is -6.36. The molecule has 0 saturated heterocycles. The van der Waals surface area contributed by atoms with E-state index in [2.05, 4.69) is 28.4 Å².